The van der Waals surface area contributed by atoms with E-state index in [1.165, 1.54) is 0 Å². The van der Waals surface area contributed by atoms with Gasteiger partial charge in [-0.05, 0) is 0 Å². The van der Waals surface area contributed by atoms with Crippen LogP contribution in [0.15, 0.2) is 10.2 Å². The maximum atomic E-state index is 9.11. The molecule has 0 aromatic rings. The van der Waals surface area contributed by atoms with Crippen LogP contribution in [0.25, 0.3) is 0 Å². The zero-order valence-corrected chi connectivity index (χ0v) is 7.35. The van der Waals surface area contributed by atoms with E-state index >= 15 is 0 Å². The summed E-state index contributed by atoms with van der Waals surface area (Å²) in [6, 6.07) is 0. The summed E-state index contributed by atoms with van der Waals surface area (Å²) in [6.45, 7) is -0.672. The van der Waals surface area contributed by atoms with Gasteiger partial charge >= 0.3 is 0 Å². The Bertz CT molecular complexity index is 216. The Kier molecular flexibility index (Phi) is 5.72. The number of nitrogens with zero attached hydrogens (tertiary/aromatic N) is 2. The van der Waals surface area contributed by atoms with Crippen molar-refractivity contribution in [3.8, 4) is 0 Å². The Morgan fingerprint density at radius 2 is 1.86 bits per heavy atom. The van der Waals surface area contributed by atoms with E-state index in [-0.39, 0.29) is 5.96 Å². The summed E-state index contributed by atoms with van der Waals surface area (Å²) < 4.78 is 0. The minimum atomic E-state index is -1.54. The van der Waals surface area contributed by atoms with Gasteiger partial charge < -0.3 is 31.9 Å². The standard InChI is InChI=1S/C6H14N4O4/c7-6(8)10-9-1-3(12)5(14)4(13)2-11/h1,3-5,11-14H,2H2,(H4,7,8,10)/t3-,4-,5+/m0/s1. The van der Waals surface area contributed by atoms with Crippen molar-refractivity contribution in [2.45, 2.75) is 18.3 Å². The van der Waals surface area contributed by atoms with Crippen molar-refractivity contribution in [1.29, 1.82) is 0 Å². The van der Waals surface area contributed by atoms with Crippen molar-refractivity contribution in [1.82, 2.24) is 0 Å². The molecule has 14 heavy (non-hydrogen) atoms. The van der Waals surface area contributed by atoms with Crippen LogP contribution in [-0.4, -0.2) is 57.5 Å². The zero-order valence-electron chi connectivity index (χ0n) is 7.35. The summed E-state index contributed by atoms with van der Waals surface area (Å²) in [5.74, 6) is -0.300. The highest BCUT2D eigenvalue weighted by Crippen LogP contribution is 1.97. The second-order valence-corrected chi connectivity index (χ2v) is 2.52. The van der Waals surface area contributed by atoms with Gasteiger partial charge in [-0.15, -0.1) is 5.10 Å². The molecule has 0 amide bonds. The van der Waals surface area contributed by atoms with Gasteiger partial charge in [0, 0.05) is 0 Å². The molecule has 0 aliphatic carbocycles. The topological polar surface area (TPSA) is 158 Å². The molecule has 0 aromatic carbocycles. The molecule has 0 rings (SSSR count). The Hall–Kier alpha value is -1.22. The van der Waals surface area contributed by atoms with Crippen LogP contribution in [0.2, 0.25) is 0 Å². The quantitative estimate of drug-likeness (QED) is 0.154. The van der Waals surface area contributed by atoms with Crippen LogP contribution in [0.5, 0.6) is 0 Å². The minimum Gasteiger partial charge on any atom is -0.394 e. The first kappa shape index (κ1) is 12.8. The van der Waals surface area contributed by atoms with E-state index in [9.17, 15) is 0 Å². The third-order valence-corrected chi connectivity index (χ3v) is 1.32. The van der Waals surface area contributed by atoms with Crippen LogP contribution >= 0.6 is 0 Å². The molecular formula is C6H14N4O4. The SMILES string of the molecule is NC(N)=NN=C[C@H](O)[C@@H](O)[C@@H](O)CO. The van der Waals surface area contributed by atoms with Gasteiger partial charge in [0.2, 0.25) is 5.96 Å². The van der Waals surface area contributed by atoms with E-state index in [1.54, 1.807) is 0 Å². The van der Waals surface area contributed by atoms with Crippen LogP contribution < -0.4 is 11.5 Å². The molecule has 8 nitrogen and oxygen atoms in total. The fourth-order valence-electron chi connectivity index (χ4n) is 0.592. The van der Waals surface area contributed by atoms with Crippen molar-refractivity contribution in [3.63, 3.8) is 0 Å². The molecule has 0 fully saturated rings. The molecule has 0 aliphatic heterocycles. The summed E-state index contributed by atoms with van der Waals surface area (Å²) in [5, 5.41) is 41.9. The van der Waals surface area contributed by atoms with E-state index < -0.39 is 24.9 Å². The summed E-state index contributed by atoms with van der Waals surface area (Å²) in [7, 11) is 0. The van der Waals surface area contributed by atoms with Crippen LogP contribution in [0, 0.1) is 0 Å². The fraction of sp³-hybridized carbons (Fsp3) is 0.667. The molecule has 8 N–H and O–H groups in total. The molecule has 3 atom stereocenters. The lowest BCUT2D eigenvalue weighted by atomic mass is 10.1. The van der Waals surface area contributed by atoms with Gasteiger partial charge in [0.15, 0.2) is 0 Å². The highest BCUT2D eigenvalue weighted by Gasteiger charge is 2.22. The van der Waals surface area contributed by atoms with Crippen molar-refractivity contribution >= 4 is 12.2 Å². The van der Waals surface area contributed by atoms with E-state index in [1.807, 2.05) is 0 Å². The van der Waals surface area contributed by atoms with Crippen molar-refractivity contribution in [3.05, 3.63) is 0 Å². The Morgan fingerprint density at radius 1 is 1.29 bits per heavy atom. The summed E-state index contributed by atoms with van der Waals surface area (Å²) in [4.78, 5) is 0. The summed E-state index contributed by atoms with van der Waals surface area (Å²) >= 11 is 0. The first-order chi connectivity index (χ1) is 6.49. The van der Waals surface area contributed by atoms with Gasteiger partial charge in [0.1, 0.15) is 18.3 Å². The number of hydrogen-bond acceptors (Lipinski definition) is 6. The second kappa shape index (κ2) is 6.27. The lowest BCUT2D eigenvalue weighted by molar-refractivity contribution is -0.0541. The summed E-state index contributed by atoms with van der Waals surface area (Å²) in [5.41, 5.74) is 9.84. The van der Waals surface area contributed by atoms with Gasteiger partial charge in [-0.3, -0.25) is 0 Å². The molecule has 0 saturated carbocycles. The molecule has 0 unspecified atom stereocenters. The Labute approximate surface area is 80.2 Å². The van der Waals surface area contributed by atoms with Crippen LogP contribution in [0.3, 0.4) is 0 Å². The number of aliphatic hydroxyl groups excluding tert-OH is 4. The molecule has 0 spiro atoms. The van der Waals surface area contributed by atoms with Crippen molar-refractivity contribution in [2.75, 3.05) is 6.61 Å². The molecule has 0 aliphatic rings. The van der Waals surface area contributed by atoms with Gasteiger partial charge in [0.05, 0.1) is 12.8 Å². The van der Waals surface area contributed by atoms with E-state index in [0.29, 0.717) is 0 Å². The predicted octanol–water partition coefficient (Wildman–Crippen LogP) is -3.68. The Morgan fingerprint density at radius 3 is 2.29 bits per heavy atom. The zero-order chi connectivity index (χ0) is 11.1. The molecule has 0 saturated heterocycles. The first-order valence-electron chi connectivity index (χ1n) is 3.76. The van der Waals surface area contributed by atoms with Crippen molar-refractivity contribution in [2.24, 2.45) is 21.7 Å². The number of rotatable bonds is 5. The normalized spacial score (nSPS) is 17.7. The number of guanidine groups is 1. The van der Waals surface area contributed by atoms with E-state index in [0.717, 1.165) is 6.21 Å². The maximum absolute atomic E-state index is 9.11. The van der Waals surface area contributed by atoms with Crippen LogP contribution in [0.1, 0.15) is 0 Å². The average Bonchev–Trinajstić information content (AvgIpc) is 2.14. The fourth-order valence-corrected chi connectivity index (χ4v) is 0.592. The molecule has 0 heterocycles. The largest absolute Gasteiger partial charge is 0.394 e. The summed E-state index contributed by atoms with van der Waals surface area (Å²) in [6.07, 6.45) is -3.61. The van der Waals surface area contributed by atoms with Gasteiger partial charge in [-0.2, -0.15) is 5.10 Å². The smallest absolute Gasteiger partial charge is 0.211 e. The average molecular weight is 206 g/mol. The molecule has 0 radical (unpaired) electrons. The molecular weight excluding hydrogens is 192 g/mol. The lowest BCUT2D eigenvalue weighted by Gasteiger charge is -2.17. The molecule has 82 valence electrons. The monoisotopic (exact) mass is 206 g/mol. The van der Waals surface area contributed by atoms with Crippen molar-refractivity contribution < 1.29 is 20.4 Å². The molecule has 0 aromatic heterocycles. The van der Waals surface area contributed by atoms with Crippen LogP contribution in [0.4, 0.5) is 0 Å². The lowest BCUT2D eigenvalue weighted by Crippen LogP contribution is -2.40. The number of nitrogens with two attached hydrogens (primary N) is 2. The van der Waals surface area contributed by atoms with E-state index in [2.05, 4.69) is 10.2 Å². The van der Waals surface area contributed by atoms with Gasteiger partial charge in [0.25, 0.3) is 0 Å². The number of aliphatic hydroxyl groups is 4. The second-order valence-electron chi connectivity index (χ2n) is 2.52. The number of hydrogen-bond donors (Lipinski definition) is 6. The van der Waals surface area contributed by atoms with Gasteiger partial charge in [-0.25, -0.2) is 0 Å². The molecule has 8 heteroatoms. The minimum absolute atomic E-state index is 0.300. The highest BCUT2D eigenvalue weighted by molar-refractivity contribution is 5.76. The van der Waals surface area contributed by atoms with Crippen LogP contribution in [-0.2, 0) is 0 Å². The Balaban J connectivity index is 4.13. The van der Waals surface area contributed by atoms with Gasteiger partial charge in [-0.1, -0.05) is 0 Å². The third kappa shape index (κ3) is 4.72. The third-order valence-electron chi connectivity index (χ3n) is 1.32. The van der Waals surface area contributed by atoms with E-state index in [4.69, 9.17) is 31.9 Å². The highest BCUT2D eigenvalue weighted by atomic mass is 16.4. The maximum Gasteiger partial charge on any atom is 0.211 e. The first-order valence-corrected chi connectivity index (χ1v) is 3.76. The molecule has 0 bridgehead atoms. The predicted molar refractivity (Wildman–Crippen MR) is 49.4 cm³/mol.